The van der Waals surface area contributed by atoms with Gasteiger partial charge in [0.05, 0.1) is 6.54 Å². The first-order valence-electron chi connectivity index (χ1n) is 4.64. The number of ether oxygens (including phenoxy) is 1. The fourth-order valence-corrected chi connectivity index (χ4v) is 0.999. The van der Waals surface area contributed by atoms with Crippen LogP contribution in [0.4, 0.5) is 0 Å². The molecule has 0 unspecified atom stereocenters. The van der Waals surface area contributed by atoms with Gasteiger partial charge in [0.1, 0.15) is 6.61 Å². The number of hydrogen-bond donors (Lipinski definition) is 1. The summed E-state index contributed by atoms with van der Waals surface area (Å²) in [5.41, 5.74) is 5.02. The Morgan fingerprint density at radius 1 is 1.43 bits per heavy atom. The Hall–Kier alpha value is -1.10. The Bertz CT molecular complexity index is 204. The number of carbonyl (C=O) groups excluding carboxylic acids is 2. The molecule has 0 aromatic carbocycles. The molecule has 2 N–H and O–H groups in total. The van der Waals surface area contributed by atoms with E-state index in [0.717, 1.165) is 0 Å². The van der Waals surface area contributed by atoms with Gasteiger partial charge in [-0.3, -0.25) is 9.59 Å². The maximum absolute atomic E-state index is 11.5. The summed E-state index contributed by atoms with van der Waals surface area (Å²) in [7, 11) is 0. The monoisotopic (exact) mass is 202 g/mol. The van der Waals surface area contributed by atoms with E-state index in [1.165, 1.54) is 4.90 Å². The van der Waals surface area contributed by atoms with Crippen molar-refractivity contribution in [1.82, 2.24) is 4.90 Å². The van der Waals surface area contributed by atoms with E-state index in [-0.39, 0.29) is 25.1 Å². The summed E-state index contributed by atoms with van der Waals surface area (Å²) in [5.74, 6) is -0.718. The highest BCUT2D eigenvalue weighted by atomic mass is 16.5. The highest BCUT2D eigenvalue weighted by Crippen LogP contribution is 1.98. The van der Waals surface area contributed by atoms with Crippen molar-refractivity contribution in [2.24, 2.45) is 5.73 Å². The van der Waals surface area contributed by atoms with Crippen LogP contribution in [0.5, 0.6) is 0 Å². The standard InChI is InChI=1S/C9H18N2O3/c1-4-14-6-9(13)11(7(2)3)5-8(10)12/h7H,4-6H2,1-3H3,(H2,10,12). The van der Waals surface area contributed by atoms with E-state index in [0.29, 0.717) is 6.61 Å². The minimum absolute atomic E-state index is 0.00194. The van der Waals surface area contributed by atoms with Crippen molar-refractivity contribution in [3.8, 4) is 0 Å². The molecule has 2 amide bonds. The smallest absolute Gasteiger partial charge is 0.249 e. The van der Waals surface area contributed by atoms with Crippen molar-refractivity contribution >= 4 is 11.8 Å². The molecule has 0 aliphatic carbocycles. The van der Waals surface area contributed by atoms with E-state index in [1.54, 1.807) is 6.92 Å². The number of primary amides is 1. The predicted molar refractivity (Wildman–Crippen MR) is 52.5 cm³/mol. The van der Waals surface area contributed by atoms with Gasteiger partial charge in [-0.25, -0.2) is 0 Å². The zero-order chi connectivity index (χ0) is 11.1. The van der Waals surface area contributed by atoms with Gasteiger partial charge in [0, 0.05) is 12.6 Å². The van der Waals surface area contributed by atoms with Gasteiger partial charge in [-0.15, -0.1) is 0 Å². The van der Waals surface area contributed by atoms with Crippen LogP contribution in [-0.2, 0) is 14.3 Å². The number of amides is 2. The molecule has 0 aliphatic rings. The Kier molecular flexibility index (Phi) is 5.87. The second-order valence-electron chi connectivity index (χ2n) is 3.22. The van der Waals surface area contributed by atoms with Crippen LogP contribution < -0.4 is 5.73 Å². The van der Waals surface area contributed by atoms with Crippen LogP contribution in [0.15, 0.2) is 0 Å². The molecule has 0 fully saturated rings. The third kappa shape index (κ3) is 4.81. The predicted octanol–water partition coefficient (Wildman–Crippen LogP) is -0.255. The number of nitrogens with two attached hydrogens (primary N) is 1. The summed E-state index contributed by atoms with van der Waals surface area (Å²) in [6.07, 6.45) is 0. The molecule has 0 saturated carbocycles. The second kappa shape index (κ2) is 6.37. The van der Waals surface area contributed by atoms with Gasteiger partial charge in [0.25, 0.3) is 0 Å². The number of rotatable bonds is 6. The molecule has 82 valence electrons. The lowest BCUT2D eigenvalue weighted by atomic mass is 10.3. The van der Waals surface area contributed by atoms with Crippen LogP contribution in [0.25, 0.3) is 0 Å². The van der Waals surface area contributed by atoms with Crippen LogP contribution in [0.1, 0.15) is 20.8 Å². The molecule has 0 aromatic rings. The average Bonchev–Trinajstić information content (AvgIpc) is 2.09. The summed E-state index contributed by atoms with van der Waals surface area (Å²) in [5, 5.41) is 0. The summed E-state index contributed by atoms with van der Waals surface area (Å²) >= 11 is 0. The van der Waals surface area contributed by atoms with Crippen molar-refractivity contribution in [3.63, 3.8) is 0 Å². The summed E-state index contributed by atoms with van der Waals surface area (Å²) in [6, 6.07) is -0.0459. The summed E-state index contributed by atoms with van der Waals surface area (Å²) < 4.78 is 4.96. The molecular formula is C9H18N2O3. The van der Waals surface area contributed by atoms with Gasteiger partial charge in [0.2, 0.25) is 11.8 Å². The lowest BCUT2D eigenvalue weighted by Crippen LogP contribution is -2.44. The van der Waals surface area contributed by atoms with E-state index in [9.17, 15) is 9.59 Å². The van der Waals surface area contributed by atoms with Crippen LogP contribution >= 0.6 is 0 Å². The fourth-order valence-electron chi connectivity index (χ4n) is 0.999. The van der Waals surface area contributed by atoms with Gasteiger partial charge >= 0.3 is 0 Å². The number of nitrogens with zero attached hydrogens (tertiary/aromatic N) is 1. The Balaban J connectivity index is 4.19. The molecule has 0 spiro atoms. The van der Waals surface area contributed by atoms with Gasteiger partial charge < -0.3 is 15.4 Å². The van der Waals surface area contributed by atoms with Crippen molar-refractivity contribution in [3.05, 3.63) is 0 Å². The SMILES string of the molecule is CCOCC(=O)N(CC(N)=O)C(C)C. The highest BCUT2D eigenvalue weighted by Gasteiger charge is 2.18. The van der Waals surface area contributed by atoms with Gasteiger partial charge in [-0.2, -0.15) is 0 Å². The molecule has 5 heteroatoms. The number of hydrogen-bond acceptors (Lipinski definition) is 3. The average molecular weight is 202 g/mol. The molecule has 0 aromatic heterocycles. The quantitative estimate of drug-likeness (QED) is 0.645. The molecular weight excluding hydrogens is 184 g/mol. The van der Waals surface area contributed by atoms with Crippen molar-refractivity contribution in [2.45, 2.75) is 26.8 Å². The second-order valence-corrected chi connectivity index (χ2v) is 3.22. The van der Waals surface area contributed by atoms with E-state index >= 15 is 0 Å². The van der Waals surface area contributed by atoms with E-state index in [2.05, 4.69) is 0 Å². The lowest BCUT2D eigenvalue weighted by molar-refractivity contribution is -0.140. The van der Waals surface area contributed by atoms with Crippen LogP contribution in [0.2, 0.25) is 0 Å². The zero-order valence-corrected chi connectivity index (χ0v) is 8.95. The van der Waals surface area contributed by atoms with E-state index < -0.39 is 5.91 Å². The van der Waals surface area contributed by atoms with Crippen LogP contribution in [-0.4, -0.2) is 42.5 Å². The maximum atomic E-state index is 11.5. The van der Waals surface area contributed by atoms with Gasteiger partial charge in [0.15, 0.2) is 0 Å². The van der Waals surface area contributed by atoms with Crippen LogP contribution in [0, 0.1) is 0 Å². The van der Waals surface area contributed by atoms with Gasteiger partial charge in [-0.1, -0.05) is 0 Å². The Morgan fingerprint density at radius 2 is 2.00 bits per heavy atom. The Morgan fingerprint density at radius 3 is 2.36 bits per heavy atom. The van der Waals surface area contributed by atoms with Crippen molar-refractivity contribution in [1.29, 1.82) is 0 Å². The maximum Gasteiger partial charge on any atom is 0.249 e. The fraction of sp³-hybridized carbons (Fsp3) is 0.778. The third-order valence-electron chi connectivity index (χ3n) is 1.70. The minimum Gasteiger partial charge on any atom is -0.372 e. The first-order valence-corrected chi connectivity index (χ1v) is 4.64. The summed E-state index contributed by atoms with van der Waals surface area (Å²) in [4.78, 5) is 23.6. The first-order chi connectivity index (χ1) is 6.49. The molecule has 0 radical (unpaired) electrons. The largest absolute Gasteiger partial charge is 0.372 e. The molecule has 5 nitrogen and oxygen atoms in total. The molecule has 0 atom stereocenters. The van der Waals surface area contributed by atoms with E-state index in [1.807, 2.05) is 13.8 Å². The Labute approximate surface area is 84.2 Å². The van der Waals surface area contributed by atoms with Crippen molar-refractivity contribution in [2.75, 3.05) is 19.8 Å². The third-order valence-corrected chi connectivity index (χ3v) is 1.70. The normalized spacial score (nSPS) is 10.3. The van der Waals surface area contributed by atoms with Gasteiger partial charge in [-0.05, 0) is 20.8 Å². The molecule has 14 heavy (non-hydrogen) atoms. The lowest BCUT2D eigenvalue weighted by Gasteiger charge is -2.25. The molecule has 0 aliphatic heterocycles. The first kappa shape index (κ1) is 12.9. The topological polar surface area (TPSA) is 72.6 Å². The highest BCUT2D eigenvalue weighted by molar-refractivity contribution is 5.84. The van der Waals surface area contributed by atoms with E-state index in [4.69, 9.17) is 10.5 Å². The molecule has 0 saturated heterocycles. The zero-order valence-electron chi connectivity index (χ0n) is 8.95. The number of carbonyl (C=O) groups is 2. The summed E-state index contributed by atoms with van der Waals surface area (Å²) in [6.45, 7) is 5.89. The molecule has 0 rings (SSSR count). The van der Waals surface area contributed by atoms with Crippen molar-refractivity contribution < 1.29 is 14.3 Å². The molecule has 0 heterocycles. The minimum atomic E-state index is -0.511. The van der Waals surface area contributed by atoms with Crippen LogP contribution in [0.3, 0.4) is 0 Å². The molecule has 0 bridgehead atoms.